The first-order valence-corrected chi connectivity index (χ1v) is 7.59. The lowest BCUT2D eigenvalue weighted by molar-refractivity contribution is 0.486. The summed E-state index contributed by atoms with van der Waals surface area (Å²) in [4.78, 5) is 0. The average molecular weight is 365 g/mol. The second-order valence-electron chi connectivity index (χ2n) is 3.93. The molecule has 2 aromatic rings. The zero-order valence-electron chi connectivity index (χ0n) is 8.54. The first-order chi connectivity index (χ1) is 7.75. The Morgan fingerprint density at radius 1 is 1.44 bits per heavy atom. The first kappa shape index (κ1) is 11.0. The summed E-state index contributed by atoms with van der Waals surface area (Å²) in [6.07, 6.45) is 3.68. The molecule has 5 heteroatoms. The summed E-state index contributed by atoms with van der Waals surface area (Å²) in [5.41, 5.74) is 3.64. The molecular weight excluding hydrogens is 355 g/mol. The van der Waals surface area contributed by atoms with Crippen molar-refractivity contribution in [1.29, 1.82) is 0 Å². The van der Waals surface area contributed by atoms with Crippen molar-refractivity contribution in [3.05, 3.63) is 25.0 Å². The number of rotatable bonds is 1. The van der Waals surface area contributed by atoms with Gasteiger partial charge in [0, 0.05) is 17.5 Å². The van der Waals surface area contributed by atoms with E-state index in [1.807, 2.05) is 6.07 Å². The topological polar surface area (TPSA) is 17.8 Å². The Bertz CT molecular complexity index is 532. The van der Waals surface area contributed by atoms with Gasteiger partial charge in [-0.15, -0.1) is 11.3 Å². The molecule has 1 aliphatic heterocycles. The van der Waals surface area contributed by atoms with Gasteiger partial charge >= 0.3 is 0 Å². The molecule has 0 bridgehead atoms. The minimum atomic E-state index is 0.830. The lowest BCUT2D eigenvalue weighted by atomic mass is 10.1. The number of hydrogen-bond acceptors (Lipinski definition) is 2. The van der Waals surface area contributed by atoms with E-state index in [1.165, 1.54) is 22.1 Å². The zero-order chi connectivity index (χ0) is 11.1. The number of nitrogens with zero attached hydrogens (tertiary/aromatic N) is 2. The van der Waals surface area contributed by atoms with Gasteiger partial charge in [0.1, 0.15) is 5.69 Å². The second-order valence-corrected chi connectivity index (χ2v) is 6.55. The molecule has 0 radical (unpaired) electrons. The number of fused-ring (bicyclic) bond motifs is 1. The fourth-order valence-electron chi connectivity index (χ4n) is 2.07. The van der Waals surface area contributed by atoms with E-state index in [0.29, 0.717) is 0 Å². The van der Waals surface area contributed by atoms with Gasteiger partial charge in [0.05, 0.1) is 13.6 Å². The van der Waals surface area contributed by atoms with Crippen LogP contribution in [0.4, 0.5) is 0 Å². The minimum absolute atomic E-state index is 0.830. The molecule has 0 saturated heterocycles. The predicted octanol–water partition coefficient (Wildman–Crippen LogP) is 4.21. The summed E-state index contributed by atoms with van der Waals surface area (Å²) in [5.74, 6) is 0. The quantitative estimate of drug-likeness (QED) is 0.693. The Hall–Kier alpha value is -0.0700. The summed E-state index contributed by atoms with van der Waals surface area (Å²) < 4.78 is 4.29. The molecule has 16 heavy (non-hydrogen) atoms. The Morgan fingerprint density at radius 3 is 3.00 bits per heavy atom. The summed E-state index contributed by atoms with van der Waals surface area (Å²) in [6, 6.07) is 2.00. The smallest absolute Gasteiger partial charge is 0.107 e. The number of aromatic nitrogens is 2. The standard InChI is InChI=1S/C11H10ClIN2S/c12-9-5-7(6-16-9)11-10(13)8-3-1-2-4-15(8)14-11/h5-6H,1-4H2. The maximum atomic E-state index is 5.97. The van der Waals surface area contributed by atoms with Gasteiger partial charge in [-0.25, -0.2) is 0 Å². The molecule has 1 aliphatic rings. The number of halogens is 2. The molecule has 0 unspecified atom stereocenters. The summed E-state index contributed by atoms with van der Waals surface area (Å²) in [6.45, 7) is 1.06. The SMILES string of the molecule is Clc1cc(-c2nn3c(c2I)CCCC3)cs1. The monoisotopic (exact) mass is 364 g/mol. The van der Waals surface area contributed by atoms with Gasteiger partial charge in [-0.2, -0.15) is 5.10 Å². The van der Waals surface area contributed by atoms with E-state index in [2.05, 4.69) is 32.7 Å². The normalized spacial score (nSPS) is 15.1. The maximum absolute atomic E-state index is 5.97. The van der Waals surface area contributed by atoms with E-state index >= 15 is 0 Å². The highest BCUT2D eigenvalue weighted by Crippen LogP contribution is 2.33. The number of aryl methyl sites for hydroxylation is 1. The molecule has 3 rings (SSSR count). The van der Waals surface area contributed by atoms with Crippen LogP contribution in [0.3, 0.4) is 0 Å². The van der Waals surface area contributed by atoms with Crippen LogP contribution in [0, 0.1) is 3.57 Å². The van der Waals surface area contributed by atoms with Gasteiger partial charge in [-0.05, 0) is 47.9 Å². The largest absolute Gasteiger partial charge is 0.268 e. The van der Waals surface area contributed by atoms with Gasteiger partial charge in [0.2, 0.25) is 0 Å². The van der Waals surface area contributed by atoms with Crippen molar-refractivity contribution >= 4 is 45.5 Å². The lowest BCUT2D eigenvalue weighted by Gasteiger charge is -2.12. The molecule has 0 N–H and O–H groups in total. The van der Waals surface area contributed by atoms with Crippen LogP contribution in [0.15, 0.2) is 11.4 Å². The van der Waals surface area contributed by atoms with E-state index in [9.17, 15) is 0 Å². The highest BCUT2D eigenvalue weighted by Gasteiger charge is 2.19. The van der Waals surface area contributed by atoms with Crippen molar-refractivity contribution in [2.75, 3.05) is 0 Å². The van der Waals surface area contributed by atoms with Crippen LogP contribution < -0.4 is 0 Å². The molecule has 2 nitrogen and oxygen atoms in total. The Balaban J connectivity index is 2.11. The number of thiophene rings is 1. The van der Waals surface area contributed by atoms with Gasteiger partial charge in [0.25, 0.3) is 0 Å². The highest BCUT2D eigenvalue weighted by atomic mass is 127. The molecule has 2 aromatic heterocycles. The van der Waals surface area contributed by atoms with Crippen molar-refractivity contribution in [2.24, 2.45) is 0 Å². The molecule has 0 spiro atoms. The molecule has 0 aromatic carbocycles. The van der Waals surface area contributed by atoms with Crippen LogP contribution in [0.2, 0.25) is 4.34 Å². The van der Waals surface area contributed by atoms with Crippen molar-refractivity contribution in [2.45, 2.75) is 25.8 Å². The zero-order valence-corrected chi connectivity index (χ0v) is 12.3. The molecule has 0 atom stereocenters. The maximum Gasteiger partial charge on any atom is 0.107 e. The van der Waals surface area contributed by atoms with Crippen molar-refractivity contribution in [1.82, 2.24) is 9.78 Å². The molecule has 0 amide bonds. The fraction of sp³-hybridized carbons (Fsp3) is 0.364. The Kier molecular flexibility index (Phi) is 2.97. The summed E-state index contributed by atoms with van der Waals surface area (Å²) in [5, 5.41) is 6.77. The van der Waals surface area contributed by atoms with E-state index in [0.717, 1.165) is 28.6 Å². The minimum Gasteiger partial charge on any atom is -0.268 e. The molecule has 84 valence electrons. The molecule has 0 fully saturated rings. The van der Waals surface area contributed by atoms with Gasteiger partial charge in [-0.1, -0.05) is 11.6 Å². The van der Waals surface area contributed by atoms with Crippen LogP contribution in [-0.2, 0) is 13.0 Å². The number of hydrogen-bond donors (Lipinski definition) is 0. The Labute approximate surface area is 117 Å². The first-order valence-electron chi connectivity index (χ1n) is 5.25. The predicted molar refractivity (Wildman–Crippen MR) is 76.2 cm³/mol. The van der Waals surface area contributed by atoms with Crippen molar-refractivity contribution in [3.63, 3.8) is 0 Å². The molecule has 3 heterocycles. The van der Waals surface area contributed by atoms with Crippen LogP contribution in [0.5, 0.6) is 0 Å². The summed E-state index contributed by atoms with van der Waals surface area (Å²) >= 11 is 9.95. The summed E-state index contributed by atoms with van der Waals surface area (Å²) in [7, 11) is 0. The van der Waals surface area contributed by atoms with E-state index in [1.54, 1.807) is 11.3 Å². The van der Waals surface area contributed by atoms with Crippen molar-refractivity contribution in [3.8, 4) is 11.3 Å². The lowest BCUT2D eigenvalue weighted by Crippen LogP contribution is -2.11. The average Bonchev–Trinajstić information content (AvgIpc) is 2.84. The second kappa shape index (κ2) is 4.31. The molecule has 0 saturated carbocycles. The van der Waals surface area contributed by atoms with Gasteiger partial charge in [0.15, 0.2) is 0 Å². The van der Waals surface area contributed by atoms with E-state index in [-0.39, 0.29) is 0 Å². The van der Waals surface area contributed by atoms with E-state index < -0.39 is 0 Å². The van der Waals surface area contributed by atoms with Crippen molar-refractivity contribution < 1.29 is 0 Å². The molecular formula is C11H10ClIN2S. The molecule has 0 aliphatic carbocycles. The Morgan fingerprint density at radius 2 is 2.31 bits per heavy atom. The van der Waals surface area contributed by atoms with Gasteiger partial charge in [-0.3, -0.25) is 4.68 Å². The van der Waals surface area contributed by atoms with Crippen LogP contribution in [0.25, 0.3) is 11.3 Å². The fourth-order valence-corrected chi connectivity index (χ4v) is 3.90. The van der Waals surface area contributed by atoms with Crippen LogP contribution >= 0.6 is 45.5 Å². The highest BCUT2D eigenvalue weighted by molar-refractivity contribution is 14.1. The van der Waals surface area contributed by atoms with Crippen LogP contribution in [0.1, 0.15) is 18.5 Å². The van der Waals surface area contributed by atoms with Crippen LogP contribution in [-0.4, -0.2) is 9.78 Å². The third-order valence-corrected chi connectivity index (χ3v) is 5.09. The third-order valence-electron chi connectivity index (χ3n) is 2.87. The van der Waals surface area contributed by atoms with E-state index in [4.69, 9.17) is 16.7 Å². The third kappa shape index (κ3) is 1.80. The van der Waals surface area contributed by atoms with Gasteiger partial charge < -0.3 is 0 Å².